The van der Waals surface area contributed by atoms with Crippen LogP contribution in [0.25, 0.3) is 22.8 Å². The summed E-state index contributed by atoms with van der Waals surface area (Å²) >= 11 is 0. The Bertz CT molecular complexity index is 804. The molecule has 116 valence electrons. The second-order valence-corrected chi connectivity index (χ2v) is 4.83. The molecule has 3 aromatic rings. The lowest BCUT2D eigenvalue weighted by atomic mass is 10.1. The molecule has 0 unspecified atom stereocenters. The van der Waals surface area contributed by atoms with Gasteiger partial charge < -0.3 is 13.9 Å². The fraction of sp³-hybridized carbons (Fsp3) is 0.111. The van der Waals surface area contributed by atoms with E-state index in [4.69, 9.17) is 9.15 Å². The normalized spacial score (nSPS) is 10.3. The Labute approximate surface area is 133 Å². The van der Waals surface area contributed by atoms with Crippen LogP contribution in [0.2, 0.25) is 0 Å². The average Bonchev–Trinajstić information content (AvgIpc) is 3.11. The standard InChI is InChI=1S/C18H15NO4/c1-21-15-9-7-12(8-10-15)16-11-19-17(23-16)13-3-5-14(6-4-13)18(20)22-2/h3-11H,1-2H3. The van der Waals surface area contributed by atoms with Gasteiger partial charge in [0.25, 0.3) is 0 Å². The molecule has 0 saturated heterocycles. The van der Waals surface area contributed by atoms with Crippen LogP contribution >= 0.6 is 0 Å². The summed E-state index contributed by atoms with van der Waals surface area (Å²) < 4.78 is 15.6. The van der Waals surface area contributed by atoms with Crippen LogP contribution in [-0.4, -0.2) is 25.2 Å². The summed E-state index contributed by atoms with van der Waals surface area (Å²) in [6, 6.07) is 14.4. The molecule has 0 spiro atoms. The van der Waals surface area contributed by atoms with Gasteiger partial charge in [-0.2, -0.15) is 0 Å². The van der Waals surface area contributed by atoms with Gasteiger partial charge >= 0.3 is 5.97 Å². The molecule has 5 nitrogen and oxygen atoms in total. The number of methoxy groups -OCH3 is 2. The van der Waals surface area contributed by atoms with E-state index in [2.05, 4.69) is 9.72 Å². The molecule has 0 saturated carbocycles. The number of aromatic nitrogens is 1. The molecule has 0 atom stereocenters. The summed E-state index contributed by atoms with van der Waals surface area (Å²) in [7, 11) is 2.98. The molecule has 5 heteroatoms. The lowest BCUT2D eigenvalue weighted by Gasteiger charge is -2.01. The van der Waals surface area contributed by atoms with Gasteiger partial charge in [-0.3, -0.25) is 0 Å². The minimum absolute atomic E-state index is 0.372. The zero-order chi connectivity index (χ0) is 16.2. The first-order chi connectivity index (χ1) is 11.2. The lowest BCUT2D eigenvalue weighted by Crippen LogP contribution is -2.00. The third-order valence-electron chi connectivity index (χ3n) is 3.43. The van der Waals surface area contributed by atoms with E-state index in [1.165, 1.54) is 7.11 Å². The van der Waals surface area contributed by atoms with E-state index in [0.29, 0.717) is 17.2 Å². The Hall–Kier alpha value is -3.08. The van der Waals surface area contributed by atoms with Crippen molar-refractivity contribution in [2.24, 2.45) is 0 Å². The fourth-order valence-corrected chi connectivity index (χ4v) is 2.16. The van der Waals surface area contributed by atoms with E-state index in [9.17, 15) is 4.79 Å². The number of oxazole rings is 1. The van der Waals surface area contributed by atoms with Crippen molar-refractivity contribution in [2.75, 3.05) is 14.2 Å². The van der Waals surface area contributed by atoms with Gasteiger partial charge in [0.1, 0.15) is 5.75 Å². The van der Waals surface area contributed by atoms with Gasteiger partial charge in [0.2, 0.25) is 5.89 Å². The molecule has 0 aliphatic carbocycles. The summed E-state index contributed by atoms with van der Waals surface area (Å²) in [5.74, 6) is 1.57. The van der Waals surface area contributed by atoms with Crippen LogP contribution in [0.4, 0.5) is 0 Å². The first kappa shape index (κ1) is 14.8. The molecule has 0 aliphatic rings. The summed E-state index contributed by atoms with van der Waals surface area (Å²) in [4.78, 5) is 15.7. The van der Waals surface area contributed by atoms with Crippen molar-refractivity contribution in [2.45, 2.75) is 0 Å². The quantitative estimate of drug-likeness (QED) is 0.686. The van der Waals surface area contributed by atoms with Crippen molar-refractivity contribution in [1.82, 2.24) is 4.98 Å². The molecule has 0 bridgehead atoms. The van der Waals surface area contributed by atoms with E-state index in [-0.39, 0.29) is 5.97 Å². The van der Waals surface area contributed by atoms with Gasteiger partial charge in [0.05, 0.1) is 26.0 Å². The number of rotatable bonds is 4. The third-order valence-corrected chi connectivity index (χ3v) is 3.43. The maximum absolute atomic E-state index is 11.4. The Kier molecular flexibility index (Phi) is 4.10. The van der Waals surface area contributed by atoms with Crippen molar-refractivity contribution in [1.29, 1.82) is 0 Å². The molecule has 1 aromatic heterocycles. The summed E-state index contributed by atoms with van der Waals surface area (Å²) in [5, 5.41) is 0. The van der Waals surface area contributed by atoms with Gasteiger partial charge in [0.15, 0.2) is 5.76 Å². The Morgan fingerprint density at radius 2 is 1.61 bits per heavy atom. The van der Waals surface area contributed by atoms with E-state index in [1.54, 1.807) is 37.6 Å². The molecule has 0 amide bonds. The second-order valence-electron chi connectivity index (χ2n) is 4.83. The van der Waals surface area contributed by atoms with Gasteiger partial charge in [-0.25, -0.2) is 9.78 Å². The molecular formula is C18H15NO4. The van der Waals surface area contributed by atoms with Crippen molar-refractivity contribution in [3.63, 3.8) is 0 Å². The van der Waals surface area contributed by atoms with E-state index in [1.807, 2.05) is 24.3 Å². The Balaban J connectivity index is 1.84. The number of benzene rings is 2. The highest BCUT2D eigenvalue weighted by Gasteiger charge is 2.10. The molecule has 0 radical (unpaired) electrons. The predicted molar refractivity (Wildman–Crippen MR) is 85.3 cm³/mol. The molecular weight excluding hydrogens is 294 g/mol. The SMILES string of the molecule is COC(=O)c1ccc(-c2ncc(-c3ccc(OC)cc3)o2)cc1. The van der Waals surface area contributed by atoms with E-state index >= 15 is 0 Å². The highest BCUT2D eigenvalue weighted by Crippen LogP contribution is 2.27. The van der Waals surface area contributed by atoms with E-state index in [0.717, 1.165) is 16.9 Å². The van der Waals surface area contributed by atoms with Crippen molar-refractivity contribution >= 4 is 5.97 Å². The molecule has 1 heterocycles. The maximum Gasteiger partial charge on any atom is 0.337 e. The maximum atomic E-state index is 11.4. The highest BCUT2D eigenvalue weighted by atomic mass is 16.5. The minimum Gasteiger partial charge on any atom is -0.497 e. The molecule has 3 rings (SSSR count). The van der Waals surface area contributed by atoms with Gasteiger partial charge in [0, 0.05) is 11.1 Å². The van der Waals surface area contributed by atoms with Crippen molar-refractivity contribution < 1.29 is 18.7 Å². The number of esters is 1. The molecule has 0 N–H and O–H groups in total. The summed E-state index contributed by atoms with van der Waals surface area (Å²) in [6.07, 6.45) is 1.67. The molecule has 0 fully saturated rings. The largest absolute Gasteiger partial charge is 0.497 e. The number of hydrogen-bond donors (Lipinski definition) is 0. The number of hydrogen-bond acceptors (Lipinski definition) is 5. The average molecular weight is 309 g/mol. The lowest BCUT2D eigenvalue weighted by molar-refractivity contribution is 0.0600. The number of carbonyl (C=O) groups is 1. The van der Waals surface area contributed by atoms with Gasteiger partial charge in [-0.05, 0) is 48.5 Å². The number of ether oxygens (including phenoxy) is 2. The van der Waals surface area contributed by atoms with Crippen LogP contribution in [0, 0.1) is 0 Å². The molecule has 23 heavy (non-hydrogen) atoms. The topological polar surface area (TPSA) is 61.6 Å². The summed E-state index contributed by atoms with van der Waals surface area (Å²) in [5.41, 5.74) is 2.19. The molecule has 0 aliphatic heterocycles. The highest BCUT2D eigenvalue weighted by molar-refractivity contribution is 5.89. The zero-order valence-corrected chi connectivity index (χ0v) is 12.8. The molecule has 2 aromatic carbocycles. The van der Waals surface area contributed by atoms with Crippen LogP contribution in [0.15, 0.2) is 59.1 Å². The second kappa shape index (κ2) is 6.36. The first-order valence-corrected chi connectivity index (χ1v) is 7.00. The van der Waals surface area contributed by atoms with Crippen LogP contribution in [0.3, 0.4) is 0 Å². The van der Waals surface area contributed by atoms with Crippen LogP contribution in [0.5, 0.6) is 5.75 Å². The smallest absolute Gasteiger partial charge is 0.337 e. The van der Waals surface area contributed by atoms with Crippen LogP contribution in [0.1, 0.15) is 10.4 Å². The summed E-state index contributed by atoms with van der Waals surface area (Å²) in [6.45, 7) is 0. The van der Waals surface area contributed by atoms with Crippen LogP contribution in [-0.2, 0) is 4.74 Å². The van der Waals surface area contributed by atoms with Crippen LogP contribution < -0.4 is 4.74 Å². The predicted octanol–water partition coefficient (Wildman–Crippen LogP) is 3.80. The zero-order valence-electron chi connectivity index (χ0n) is 12.8. The van der Waals surface area contributed by atoms with Gasteiger partial charge in [-0.1, -0.05) is 0 Å². The Morgan fingerprint density at radius 1 is 0.957 bits per heavy atom. The minimum atomic E-state index is -0.372. The first-order valence-electron chi connectivity index (χ1n) is 7.00. The van der Waals surface area contributed by atoms with E-state index < -0.39 is 0 Å². The third kappa shape index (κ3) is 3.08. The Morgan fingerprint density at radius 3 is 2.22 bits per heavy atom. The van der Waals surface area contributed by atoms with Crippen molar-refractivity contribution in [3.8, 4) is 28.5 Å². The fourth-order valence-electron chi connectivity index (χ4n) is 2.16. The van der Waals surface area contributed by atoms with Gasteiger partial charge in [-0.15, -0.1) is 0 Å². The monoisotopic (exact) mass is 309 g/mol. The number of carbonyl (C=O) groups excluding carboxylic acids is 1. The number of nitrogens with zero attached hydrogens (tertiary/aromatic N) is 1. The van der Waals surface area contributed by atoms with Crippen molar-refractivity contribution in [3.05, 3.63) is 60.3 Å².